The van der Waals surface area contributed by atoms with Gasteiger partial charge in [-0.1, -0.05) is 12.8 Å². The highest BCUT2D eigenvalue weighted by molar-refractivity contribution is 5.90. The van der Waals surface area contributed by atoms with Crippen LogP contribution in [-0.4, -0.2) is 32.6 Å². The van der Waals surface area contributed by atoms with Gasteiger partial charge in [0.1, 0.15) is 0 Å². The molecular formula is C7H11N5O. The van der Waals surface area contributed by atoms with Gasteiger partial charge in [-0.05, 0) is 18.1 Å². The topological polar surface area (TPSA) is 83.6 Å². The Hall–Kier alpha value is -1.46. The second-order valence-electron chi connectivity index (χ2n) is 3.19. The fraction of sp³-hybridized carbons (Fsp3) is 0.714. The first-order valence-electron chi connectivity index (χ1n) is 4.40. The summed E-state index contributed by atoms with van der Waals surface area (Å²) in [4.78, 5) is 11.4. The molecule has 1 aliphatic carbocycles. The number of carbonyl (C=O) groups is 1. The van der Waals surface area contributed by atoms with E-state index in [1.807, 2.05) is 0 Å². The van der Waals surface area contributed by atoms with Crippen LogP contribution < -0.4 is 5.32 Å². The van der Waals surface area contributed by atoms with Crippen molar-refractivity contribution in [1.82, 2.24) is 25.9 Å². The molecule has 1 saturated carbocycles. The summed E-state index contributed by atoms with van der Waals surface area (Å²) < 4.78 is 0. The third-order valence-electron chi connectivity index (χ3n) is 2.24. The van der Waals surface area contributed by atoms with E-state index in [0.29, 0.717) is 6.04 Å². The van der Waals surface area contributed by atoms with Gasteiger partial charge >= 0.3 is 0 Å². The summed E-state index contributed by atoms with van der Waals surface area (Å²) in [5.74, 6) is -0.118. The molecule has 6 heteroatoms. The van der Waals surface area contributed by atoms with E-state index in [2.05, 4.69) is 25.9 Å². The molecule has 0 saturated heterocycles. The van der Waals surface area contributed by atoms with E-state index in [1.54, 1.807) is 0 Å². The number of aromatic amines is 1. The van der Waals surface area contributed by atoms with E-state index in [0.717, 1.165) is 12.8 Å². The molecule has 2 rings (SSSR count). The van der Waals surface area contributed by atoms with Crippen LogP contribution in [0.15, 0.2) is 0 Å². The van der Waals surface area contributed by atoms with Gasteiger partial charge < -0.3 is 5.32 Å². The zero-order valence-electron chi connectivity index (χ0n) is 7.16. The zero-order valence-corrected chi connectivity index (χ0v) is 7.16. The van der Waals surface area contributed by atoms with Crippen molar-refractivity contribution in [3.8, 4) is 0 Å². The summed E-state index contributed by atoms with van der Waals surface area (Å²) in [6.07, 6.45) is 4.50. The average Bonchev–Trinajstić information content (AvgIpc) is 2.74. The number of hydrogen-bond acceptors (Lipinski definition) is 4. The highest BCUT2D eigenvalue weighted by Gasteiger charge is 2.19. The number of H-pyrrole nitrogens is 1. The summed E-state index contributed by atoms with van der Waals surface area (Å²) in [6.45, 7) is 0. The van der Waals surface area contributed by atoms with Crippen molar-refractivity contribution in [1.29, 1.82) is 0 Å². The van der Waals surface area contributed by atoms with Crippen LogP contribution in [-0.2, 0) is 0 Å². The summed E-state index contributed by atoms with van der Waals surface area (Å²) in [6, 6.07) is 0.297. The Labute approximate surface area is 75.1 Å². The highest BCUT2D eigenvalue weighted by Crippen LogP contribution is 2.17. The number of nitrogens with zero attached hydrogens (tertiary/aromatic N) is 3. The molecule has 0 atom stereocenters. The van der Waals surface area contributed by atoms with E-state index >= 15 is 0 Å². The predicted molar refractivity (Wildman–Crippen MR) is 43.9 cm³/mol. The van der Waals surface area contributed by atoms with Crippen molar-refractivity contribution in [2.45, 2.75) is 31.7 Å². The van der Waals surface area contributed by atoms with Gasteiger partial charge in [-0.25, -0.2) is 0 Å². The van der Waals surface area contributed by atoms with E-state index in [1.165, 1.54) is 12.8 Å². The molecule has 13 heavy (non-hydrogen) atoms. The minimum absolute atomic E-state index is 0.118. The SMILES string of the molecule is O=C(NC1CCCC1)c1nn[nH]n1. The third-order valence-corrected chi connectivity index (χ3v) is 2.24. The molecule has 1 fully saturated rings. The number of carbonyl (C=O) groups excluding carboxylic acids is 1. The molecule has 1 aromatic rings. The lowest BCUT2D eigenvalue weighted by atomic mass is 10.2. The van der Waals surface area contributed by atoms with Gasteiger partial charge in [0.05, 0.1) is 0 Å². The lowest BCUT2D eigenvalue weighted by Gasteiger charge is -2.08. The molecule has 0 aliphatic heterocycles. The molecule has 0 radical (unpaired) electrons. The molecule has 0 bridgehead atoms. The fourth-order valence-corrected chi connectivity index (χ4v) is 1.58. The van der Waals surface area contributed by atoms with Gasteiger partial charge in [0.25, 0.3) is 11.7 Å². The van der Waals surface area contributed by atoms with E-state index in [9.17, 15) is 4.79 Å². The predicted octanol–water partition coefficient (Wildman–Crippen LogP) is -0.128. The number of nitrogens with one attached hydrogen (secondary N) is 2. The normalized spacial score (nSPS) is 17.5. The first-order valence-corrected chi connectivity index (χ1v) is 4.40. The van der Waals surface area contributed by atoms with Gasteiger partial charge in [0, 0.05) is 6.04 Å². The van der Waals surface area contributed by atoms with Crippen molar-refractivity contribution in [3.63, 3.8) is 0 Å². The second-order valence-corrected chi connectivity index (χ2v) is 3.19. The second kappa shape index (κ2) is 3.51. The van der Waals surface area contributed by atoms with Crippen LogP contribution in [0.5, 0.6) is 0 Å². The first kappa shape index (κ1) is 8.15. The Bertz CT molecular complexity index is 277. The van der Waals surface area contributed by atoms with Gasteiger partial charge in [0.15, 0.2) is 0 Å². The Morgan fingerprint density at radius 2 is 2.23 bits per heavy atom. The number of amides is 1. The molecule has 1 heterocycles. The van der Waals surface area contributed by atoms with Crippen LogP contribution in [0.25, 0.3) is 0 Å². The van der Waals surface area contributed by atoms with Crippen LogP contribution >= 0.6 is 0 Å². The lowest BCUT2D eigenvalue weighted by molar-refractivity contribution is 0.0927. The Morgan fingerprint density at radius 1 is 1.46 bits per heavy atom. The molecule has 6 nitrogen and oxygen atoms in total. The standard InChI is InChI=1S/C7H11N5O/c13-7(6-9-11-12-10-6)8-5-3-1-2-4-5/h5H,1-4H2,(H,8,13)(H,9,10,11,12). The Kier molecular flexibility index (Phi) is 2.20. The largest absolute Gasteiger partial charge is 0.346 e. The molecule has 0 aromatic carbocycles. The van der Waals surface area contributed by atoms with Crippen LogP contribution in [0.2, 0.25) is 0 Å². The van der Waals surface area contributed by atoms with Crippen LogP contribution in [0.1, 0.15) is 36.3 Å². The smallest absolute Gasteiger partial charge is 0.293 e. The fourth-order valence-electron chi connectivity index (χ4n) is 1.58. The summed E-state index contributed by atoms with van der Waals surface area (Å²) >= 11 is 0. The maximum atomic E-state index is 11.4. The zero-order chi connectivity index (χ0) is 9.10. The summed E-state index contributed by atoms with van der Waals surface area (Å²) in [7, 11) is 0. The summed E-state index contributed by atoms with van der Waals surface area (Å²) in [5, 5.41) is 15.6. The van der Waals surface area contributed by atoms with E-state index in [-0.39, 0.29) is 11.7 Å². The minimum Gasteiger partial charge on any atom is -0.346 e. The Balaban J connectivity index is 1.91. The molecule has 1 aromatic heterocycles. The number of tetrazole rings is 1. The van der Waals surface area contributed by atoms with Gasteiger partial charge in [-0.3, -0.25) is 4.79 Å². The van der Waals surface area contributed by atoms with Crippen LogP contribution in [0.3, 0.4) is 0 Å². The van der Waals surface area contributed by atoms with Crippen LogP contribution in [0.4, 0.5) is 0 Å². The third kappa shape index (κ3) is 1.82. The first-order chi connectivity index (χ1) is 6.36. The van der Waals surface area contributed by atoms with Crippen LogP contribution in [0, 0.1) is 0 Å². The monoisotopic (exact) mass is 181 g/mol. The molecule has 1 amide bonds. The molecular weight excluding hydrogens is 170 g/mol. The van der Waals surface area contributed by atoms with Gasteiger partial charge in [0.2, 0.25) is 0 Å². The Morgan fingerprint density at radius 3 is 2.85 bits per heavy atom. The maximum Gasteiger partial charge on any atom is 0.293 e. The minimum atomic E-state index is -0.236. The molecule has 2 N–H and O–H groups in total. The highest BCUT2D eigenvalue weighted by atomic mass is 16.2. The molecule has 70 valence electrons. The maximum absolute atomic E-state index is 11.4. The van der Waals surface area contributed by atoms with Crippen molar-refractivity contribution >= 4 is 5.91 Å². The lowest BCUT2D eigenvalue weighted by Crippen LogP contribution is -2.33. The molecule has 1 aliphatic rings. The molecule has 0 unspecified atom stereocenters. The van der Waals surface area contributed by atoms with Gasteiger partial charge in [-0.2, -0.15) is 5.21 Å². The van der Waals surface area contributed by atoms with E-state index in [4.69, 9.17) is 0 Å². The number of aromatic nitrogens is 4. The van der Waals surface area contributed by atoms with Crippen molar-refractivity contribution in [2.24, 2.45) is 0 Å². The van der Waals surface area contributed by atoms with Crippen molar-refractivity contribution in [3.05, 3.63) is 5.82 Å². The quantitative estimate of drug-likeness (QED) is 0.665. The van der Waals surface area contributed by atoms with Crippen molar-refractivity contribution in [2.75, 3.05) is 0 Å². The van der Waals surface area contributed by atoms with E-state index < -0.39 is 0 Å². The number of hydrogen-bond donors (Lipinski definition) is 2. The van der Waals surface area contributed by atoms with Crippen molar-refractivity contribution < 1.29 is 4.79 Å². The number of rotatable bonds is 2. The average molecular weight is 181 g/mol. The molecule has 0 spiro atoms. The van der Waals surface area contributed by atoms with Gasteiger partial charge in [-0.15, -0.1) is 10.2 Å². The summed E-state index contributed by atoms with van der Waals surface area (Å²) in [5.41, 5.74) is 0.